The topological polar surface area (TPSA) is 67.3 Å². The van der Waals surface area contributed by atoms with Crippen LogP contribution in [-0.4, -0.2) is 53.6 Å². The number of amides is 1. The Labute approximate surface area is 122 Å². The fraction of sp³-hybridized carbons (Fsp3) is 0.615. The first kappa shape index (κ1) is 13.6. The molecule has 0 aliphatic carbocycles. The maximum atomic E-state index is 12.2. The van der Waals surface area contributed by atoms with Gasteiger partial charge >= 0.3 is 0 Å². The van der Waals surface area contributed by atoms with Gasteiger partial charge in [0.2, 0.25) is 5.82 Å². The van der Waals surface area contributed by atoms with Crippen molar-refractivity contribution < 1.29 is 9.53 Å². The van der Waals surface area contributed by atoms with Gasteiger partial charge in [-0.15, -0.1) is 0 Å². The van der Waals surface area contributed by atoms with E-state index in [0.717, 1.165) is 32.5 Å². The molecule has 0 spiro atoms. The van der Waals surface area contributed by atoms with E-state index in [1.807, 2.05) is 0 Å². The van der Waals surface area contributed by atoms with Crippen LogP contribution in [-0.2, 0) is 0 Å². The number of rotatable bonds is 3. The predicted octanol–water partition coefficient (Wildman–Crippen LogP) is 0.963. The average molecular weight is 297 g/mol. The molecule has 3 fully saturated rings. The Balaban J connectivity index is 1.68. The van der Waals surface area contributed by atoms with E-state index >= 15 is 0 Å². The van der Waals surface area contributed by atoms with Crippen molar-refractivity contribution in [2.75, 3.05) is 26.7 Å². The molecule has 3 saturated heterocycles. The molecule has 2 bridgehead atoms. The number of nitrogens with zero attached hydrogens (tertiary/aromatic N) is 3. The third kappa shape index (κ3) is 2.58. The number of aromatic nitrogens is 2. The van der Waals surface area contributed by atoms with Crippen molar-refractivity contribution in [3.05, 3.63) is 17.2 Å². The molecule has 108 valence electrons. The van der Waals surface area contributed by atoms with Gasteiger partial charge in [-0.05, 0) is 31.8 Å². The maximum Gasteiger partial charge on any atom is 0.289 e. The van der Waals surface area contributed by atoms with E-state index in [4.69, 9.17) is 16.3 Å². The first-order chi connectivity index (χ1) is 9.67. The van der Waals surface area contributed by atoms with Crippen LogP contribution in [0.1, 0.15) is 23.5 Å². The lowest BCUT2D eigenvalue weighted by Gasteiger charge is -2.44. The van der Waals surface area contributed by atoms with Gasteiger partial charge in [-0.25, -0.2) is 9.97 Å². The summed E-state index contributed by atoms with van der Waals surface area (Å²) in [7, 11) is 1.48. The monoisotopic (exact) mass is 296 g/mol. The normalized spacial score (nSPS) is 28.2. The standard InChI is InChI=1S/C13H17ClN4O2/c1-20-10-6-15-12(17-11(10)14)13(19)16-9-7-18-4-2-8(9)3-5-18/h6,8-9H,2-5,7H2,1H3,(H,16,19)/t9-/m0/s1. The molecule has 3 aliphatic heterocycles. The van der Waals surface area contributed by atoms with Gasteiger partial charge in [0.05, 0.1) is 13.3 Å². The first-order valence-corrected chi connectivity index (χ1v) is 7.15. The highest BCUT2D eigenvalue weighted by atomic mass is 35.5. The van der Waals surface area contributed by atoms with Crippen LogP contribution in [0.2, 0.25) is 5.15 Å². The molecular formula is C13H17ClN4O2. The van der Waals surface area contributed by atoms with Crippen molar-refractivity contribution in [2.24, 2.45) is 5.92 Å². The van der Waals surface area contributed by atoms with Crippen LogP contribution < -0.4 is 10.1 Å². The molecule has 1 aromatic heterocycles. The molecule has 0 radical (unpaired) electrons. The Morgan fingerprint density at radius 1 is 1.50 bits per heavy atom. The summed E-state index contributed by atoms with van der Waals surface area (Å²) in [6.07, 6.45) is 3.71. The third-order valence-electron chi connectivity index (χ3n) is 4.11. The summed E-state index contributed by atoms with van der Waals surface area (Å²) in [5.74, 6) is 0.754. The predicted molar refractivity (Wildman–Crippen MR) is 74.0 cm³/mol. The molecule has 1 amide bonds. The van der Waals surface area contributed by atoms with Crippen molar-refractivity contribution in [3.63, 3.8) is 0 Å². The second kappa shape index (κ2) is 5.54. The summed E-state index contributed by atoms with van der Waals surface area (Å²) in [5, 5.41) is 3.18. The van der Waals surface area contributed by atoms with Crippen molar-refractivity contribution in [1.29, 1.82) is 0 Å². The highest BCUT2D eigenvalue weighted by Crippen LogP contribution is 2.27. The lowest BCUT2D eigenvalue weighted by atomic mass is 9.84. The fourth-order valence-corrected chi connectivity index (χ4v) is 3.16. The molecule has 4 heterocycles. The van der Waals surface area contributed by atoms with Crippen LogP contribution >= 0.6 is 11.6 Å². The highest BCUT2D eigenvalue weighted by molar-refractivity contribution is 6.30. The molecule has 20 heavy (non-hydrogen) atoms. The number of piperidine rings is 3. The van der Waals surface area contributed by atoms with Gasteiger partial charge in [0, 0.05) is 12.6 Å². The molecule has 1 atom stereocenters. The summed E-state index contributed by atoms with van der Waals surface area (Å²) in [5.41, 5.74) is 0. The minimum atomic E-state index is -0.270. The van der Waals surface area contributed by atoms with Crippen LogP contribution in [0.15, 0.2) is 6.20 Å². The van der Waals surface area contributed by atoms with Gasteiger partial charge in [-0.2, -0.15) is 0 Å². The van der Waals surface area contributed by atoms with Crippen LogP contribution in [0.25, 0.3) is 0 Å². The first-order valence-electron chi connectivity index (χ1n) is 6.77. The Hall–Kier alpha value is -1.40. The van der Waals surface area contributed by atoms with E-state index < -0.39 is 0 Å². The molecule has 6 nitrogen and oxygen atoms in total. The summed E-state index contributed by atoms with van der Waals surface area (Å²) >= 11 is 5.92. The molecule has 0 unspecified atom stereocenters. The number of hydrogen-bond acceptors (Lipinski definition) is 5. The smallest absolute Gasteiger partial charge is 0.289 e. The van der Waals surface area contributed by atoms with Gasteiger partial charge < -0.3 is 15.0 Å². The molecule has 1 aromatic rings. The van der Waals surface area contributed by atoms with Gasteiger partial charge in [-0.3, -0.25) is 4.79 Å². The summed E-state index contributed by atoms with van der Waals surface area (Å²) in [6, 6.07) is 0.189. The summed E-state index contributed by atoms with van der Waals surface area (Å²) < 4.78 is 4.97. The van der Waals surface area contributed by atoms with Crippen molar-refractivity contribution in [2.45, 2.75) is 18.9 Å². The maximum absolute atomic E-state index is 12.2. The molecule has 7 heteroatoms. The zero-order valence-electron chi connectivity index (χ0n) is 11.3. The van der Waals surface area contributed by atoms with E-state index in [-0.39, 0.29) is 22.9 Å². The zero-order chi connectivity index (χ0) is 14.1. The lowest BCUT2D eigenvalue weighted by Crippen LogP contribution is -2.57. The van der Waals surface area contributed by atoms with E-state index in [1.54, 1.807) is 0 Å². The Bertz CT molecular complexity index is 517. The molecular weight excluding hydrogens is 280 g/mol. The van der Waals surface area contributed by atoms with Gasteiger partial charge in [0.25, 0.3) is 5.91 Å². The third-order valence-corrected chi connectivity index (χ3v) is 4.38. The summed E-state index contributed by atoms with van der Waals surface area (Å²) in [6.45, 7) is 3.20. The fourth-order valence-electron chi connectivity index (χ4n) is 2.96. The second-order valence-electron chi connectivity index (χ2n) is 5.27. The second-order valence-corrected chi connectivity index (χ2v) is 5.63. The van der Waals surface area contributed by atoms with E-state index in [9.17, 15) is 4.79 Å². The number of carbonyl (C=O) groups excluding carboxylic acids is 1. The minimum absolute atomic E-state index is 0.0900. The average Bonchev–Trinajstić information content (AvgIpc) is 2.48. The largest absolute Gasteiger partial charge is 0.492 e. The number of nitrogens with one attached hydrogen (secondary N) is 1. The molecule has 4 rings (SSSR count). The number of carbonyl (C=O) groups is 1. The van der Waals surface area contributed by atoms with E-state index in [1.165, 1.54) is 13.3 Å². The zero-order valence-corrected chi connectivity index (χ0v) is 12.1. The SMILES string of the molecule is COc1cnc(C(=O)N[C@H]2CN3CCC2CC3)nc1Cl. The quantitative estimate of drug-likeness (QED) is 0.842. The molecule has 0 saturated carbocycles. The van der Waals surface area contributed by atoms with E-state index in [0.29, 0.717) is 11.7 Å². The van der Waals surface area contributed by atoms with Crippen molar-refractivity contribution in [1.82, 2.24) is 20.2 Å². The number of fused-ring (bicyclic) bond motifs is 3. The van der Waals surface area contributed by atoms with Gasteiger partial charge in [0.15, 0.2) is 10.9 Å². The number of halogens is 1. The van der Waals surface area contributed by atoms with Crippen molar-refractivity contribution in [3.8, 4) is 5.75 Å². The number of ether oxygens (including phenoxy) is 1. The van der Waals surface area contributed by atoms with E-state index in [2.05, 4.69) is 20.2 Å². The molecule has 0 aromatic carbocycles. The number of hydrogen-bond donors (Lipinski definition) is 1. The Kier molecular flexibility index (Phi) is 3.76. The van der Waals surface area contributed by atoms with Gasteiger partial charge in [0.1, 0.15) is 0 Å². The molecule has 3 aliphatic rings. The van der Waals surface area contributed by atoms with Gasteiger partial charge in [-0.1, -0.05) is 11.6 Å². The highest BCUT2D eigenvalue weighted by Gasteiger charge is 2.35. The Morgan fingerprint density at radius 3 is 2.80 bits per heavy atom. The van der Waals surface area contributed by atoms with Crippen LogP contribution in [0, 0.1) is 5.92 Å². The lowest BCUT2D eigenvalue weighted by molar-refractivity contribution is 0.0614. The van der Waals surface area contributed by atoms with Crippen molar-refractivity contribution >= 4 is 17.5 Å². The van der Waals surface area contributed by atoms with Crippen LogP contribution in [0.4, 0.5) is 0 Å². The molecule has 1 N–H and O–H groups in total. The Morgan fingerprint density at radius 2 is 2.25 bits per heavy atom. The number of methoxy groups -OCH3 is 1. The minimum Gasteiger partial charge on any atom is -0.492 e. The summed E-state index contributed by atoms with van der Waals surface area (Å²) in [4.78, 5) is 22.5. The van der Waals surface area contributed by atoms with Crippen LogP contribution in [0.3, 0.4) is 0 Å². The van der Waals surface area contributed by atoms with Crippen LogP contribution in [0.5, 0.6) is 5.75 Å².